The van der Waals surface area contributed by atoms with E-state index in [4.69, 9.17) is 0 Å². The molecule has 0 aromatic carbocycles. The summed E-state index contributed by atoms with van der Waals surface area (Å²) in [5.41, 5.74) is -2.70. The van der Waals surface area contributed by atoms with Gasteiger partial charge in [0.25, 0.3) is 0 Å². The van der Waals surface area contributed by atoms with Crippen LogP contribution in [0.2, 0.25) is 0 Å². The predicted octanol–water partition coefficient (Wildman–Crippen LogP) is 0.596. The van der Waals surface area contributed by atoms with Gasteiger partial charge in [-0.05, 0) is 12.5 Å². The van der Waals surface area contributed by atoms with Crippen LogP contribution in [0.4, 0.5) is 10.3 Å². The molecule has 0 radical (unpaired) electrons. The molecule has 0 aliphatic heterocycles. The fourth-order valence-electron chi connectivity index (χ4n) is 1.39. The summed E-state index contributed by atoms with van der Waals surface area (Å²) in [5.74, 6) is -1.40. The number of hydrogen-bond donors (Lipinski definition) is 1. The number of hydrogen-bond acceptors (Lipinski definition) is 6. The van der Waals surface area contributed by atoms with E-state index in [0.717, 1.165) is 19.6 Å². The van der Waals surface area contributed by atoms with Gasteiger partial charge in [-0.25, -0.2) is 27.6 Å². The first-order chi connectivity index (χ1) is 8.73. The van der Waals surface area contributed by atoms with Gasteiger partial charge in [-0.15, -0.1) is 0 Å². The van der Waals surface area contributed by atoms with E-state index in [0.29, 0.717) is 0 Å². The third-order valence-electron chi connectivity index (χ3n) is 2.33. The summed E-state index contributed by atoms with van der Waals surface area (Å²) in [6, 6.07) is 1.19. The maximum atomic E-state index is 14.5. The number of nitrogens with one attached hydrogen (secondary N) is 1. The first-order valence-electron chi connectivity index (χ1n) is 5.31. The fourth-order valence-corrected chi connectivity index (χ4v) is 1.82. The third-order valence-corrected chi connectivity index (χ3v) is 2.89. The van der Waals surface area contributed by atoms with Crippen LogP contribution in [0, 0.1) is 0 Å². The molecule has 1 aromatic heterocycles. The van der Waals surface area contributed by atoms with Gasteiger partial charge in [0.1, 0.15) is 0 Å². The molecular formula is C10H14FN3O4S. The molecule has 1 N–H and O–H groups in total. The quantitative estimate of drug-likeness (QED) is 0.797. The maximum absolute atomic E-state index is 14.5. The lowest BCUT2D eigenvalue weighted by Crippen LogP contribution is -2.33. The molecule has 9 heteroatoms. The zero-order chi connectivity index (χ0) is 14.7. The molecular weight excluding hydrogens is 277 g/mol. The molecule has 106 valence electrons. The highest BCUT2D eigenvalue weighted by atomic mass is 32.2. The summed E-state index contributed by atoms with van der Waals surface area (Å²) in [6.07, 6.45) is 1.86. The first-order valence-corrected chi connectivity index (χ1v) is 7.20. The molecule has 0 aliphatic carbocycles. The molecule has 1 aromatic rings. The van der Waals surface area contributed by atoms with Crippen molar-refractivity contribution >= 4 is 21.9 Å². The number of methoxy groups -OCH3 is 1. The van der Waals surface area contributed by atoms with E-state index in [1.807, 2.05) is 4.72 Å². The van der Waals surface area contributed by atoms with Gasteiger partial charge in [-0.3, -0.25) is 4.72 Å². The van der Waals surface area contributed by atoms with Crippen molar-refractivity contribution in [3.8, 4) is 0 Å². The Morgan fingerprint density at radius 2 is 2.21 bits per heavy atom. The van der Waals surface area contributed by atoms with Crippen LogP contribution >= 0.6 is 0 Å². The Hall–Kier alpha value is -1.77. The van der Waals surface area contributed by atoms with Crippen LogP contribution in [0.25, 0.3) is 0 Å². The number of carbonyl (C=O) groups is 1. The van der Waals surface area contributed by atoms with Gasteiger partial charge in [0.2, 0.25) is 21.6 Å². The highest BCUT2D eigenvalue weighted by molar-refractivity contribution is 7.91. The molecule has 0 bridgehead atoms. The lowest BCUT2D eigenvalue weighted by atomic mass is 9.98. The average molecular weight is 291 g/mol. The molecule has 1 atom stereocenters. The van der Waals surface area contributed by atoms with Crippen LogP contribution < -0.4 is 4.72 Å². The third kappa shape index (κ3) is 3.60. The number of ether oxygens (including phenoxy) is 1. The minimum atomic E-state index is -3.59. The van der Waals surface area contributed by atoms with E-state index in [1.165, 1.54) is 13.0 Å². The van der Waals surface area contributed by atoms with Crippen molar-refractivity contribution < 1.29 is 22.3 Å². The van der Waals surface area contributed by atoms with Crippen molar-refractivity contribution in [1.29, 1.82) is 0 Å². The minimum Gasteiger partial charge on any atom is -0.466 e. The number of esters is 1. The lowest BCUT2D eigenvalue weighted by Gasteiger charge is -2.20. The zero-order valence-electron chi connectivity index (χ0n) is 10.7. The molecule has 0 saturated carbocycles. The molecule has 1 heterocycles. The molecule has 0 saturated heterocycles. The molecule has 0 fully saturated rings. The highest BCUT2D eigenvalue weighted by Crippen LogP contribution is 2.30. The summed E-state index contributed by atoms with van der Waals surface area (Å²) >= 11 is 0. The van der Waals surface area contributed by atoms with Gasteiger partial charge in [0.05, 0.1) is 19.1 Å². The van der Waals surface area contributed by atoms with Crippen LogP contribution in [-0.2, 0) is 25.2 Å². The second kappa shape index (κ2) is 5.47. The van der Waals surface area contributed by atoms with Gasteiger partial charge in [0.15, 0.2) is 0 Å². The van der Waals surface area contributed by atoms with Gasteiger partial charge in [0, 0.05) is 6.20 Å². The van der Waals surface area contributed by atoms with Crippen molar-refractivity contribution in [2.75, 3.05) is 18.1 Å². The summed E-state index contributed by atoms with van der Waals surface area (Å²) in [5, 5.41) is 0. The van der Waals surface area contributed by atoms with Crippen LogP contribution in [0.3, 0.4) is 0 Å². The number of aromatic nitrogens is 2. The van der Waals surface area contributed by atoms with Crippen LogP contribution in [0.1, 0.15) is 19.0 Å². The highest BCUT2D eigenvalue weighted by Gasteiger charge is 2.42. The number of anilines is 1. The summed E-state index contributed by atoms with van der Waals surface area (Å²) in [4.78, 5) is 18.8. The van der Waals surface area contributed by atoms with E-state index in [9.17, 15) is 17.6 Å². The predicted molar refractivity (Wildman–Crippen MR) is 65.6 cm³/mol. The Bertz CT molecular complexity index is 578. The maximum Gasteiger partial charge on any atom is 0.349 e. The van der Waals surface area contributed by atoms with Gasteiger partial charge >= 0.3 is 5.97 Å². The van der Waals surface area contributed by atoms with E-state index in [1.54, 1.807) is 0 Å². The first kappa shape index (κ1) is 15.3. The van der Waals surface area contributed by atoms with Crippen molar-refractivity contribution in [1.82, 2.24) is 9.97 Å². The fraction of sp³-hybridized carbons (Fsp3) is 0.500. The van der Waals surface area contributed by atoms with E-state index < -0.39 is 21.7 Å². The Kier molecular flexibility index (Phi) is 4.40. The monoisotopic (exact) mass is 291 g/mol. The van der Waals surface area contributed by atoms with Gasteiger partial charge in [-0.2, -0.15) is 0 Å². The summed E-state index contributed by atoms with van der Waals surface area (Å²) in [6.45, 7) is 1.45. The Labute approximate surface area is 110 Å². The van der Waals surface area contributed by atoms with Crippen molar-refractivity contribution in [2.24, 2.45) is 0 Å². The topological polar surface area (TPSA) is 98.2 Å². The zero-order valence-corrected chi connectivity index (χ0v) is 11.5. The number of carbonyl (C=O) groups excluding carboxylic acids is 1. The Balaban J connectivity index is 3.20. The normalized spacial score (nSPS) is 14.5. The number of nitrogens with zero attached hydrogens (tertiary/aromatic N) is 2. The Morgan fingerprint density at radius 3 is 2.68 bits per heavy atom. The second-order valence-corrected chi connectivity index (χ2v) is 5.53. The minimum absolute atomic E-state index is 0.199. The van der Waals surface area contributed by atoms with Crippen LogP contribution in [-0.4, -0.2) is 37.7 Å². The number of rotatable bonds is 5. The SMILES string of the molecule is CCC(F)(C(=O)OC)c1ccnc(NS(C)(=O)=O)n1. The molecule has 0 amide bonds. The number of sulfonamides is 1. The van der Waals surface area contributed by atoms with Gasteiger partial charge < -0.3 is 4.74 Å². The van der Waals surface area contributed by atoms with Crippen molar-refractivity contribution in [3.05, 3.63) is 18.0 Å². The summed E-state index contributed by atoms with van der Waals surface area (Å²) < 4.78 is 43.0. The standard InChI is InChI=1S/C10H14FN3O4S/c1-4-10(11,8(15)18-2)7-5-6-12-9(13-7)14-19(3,16)17/h5-6H,4H2,1-3H3,(H,12,13,14). The lowest BCUT2D eigenvalue weighted by molar-refractivity contribution is -0.156. The van der Waals surface area contributed by atoms with Crippen LogP contribution in [0.15, 0.2) is 12.3 Å². The van der Waals surface area contributed by atoms with Crippen molar-refractivity contribution in [2.45, 2.75) is 19.0 Å². The summed E-state index contributed by atoms with van der Waals surface area (Å²) in [7, 11) is -2.53. The number of halogens is 1. The average Bonchev–Trinajstić information content (AvgIpc) is 2.35. The van der Waals surface area contributed by atoms with E-state index in [-0.39, 0.29) is 18.1 Å². The molecule has 0 spiro atoms. The molecule has 0 aliphatic rings. The molecule has 7 nitrogen and oxygen atoms in total. The molecule has 1 unspecified atom stereocenters. The van der Waals surface area contributed by atoms with E-state index in [2.05, 4.69) is 14.7 Å². The van der Waals surface area contributed by atoms with Gasteiger partial charge in [-0.1, -0.05) is 6.92 Å². The van der Waals surface area contributed by atoms with Crippen molar-refractivity contribution in [3.63, 3.8) is 0 Å². The molecule has 19 heavy (non-hydrogen) atoms. The molecule has 1 rings (SSSR count). The number of alkyl halides is 1. The Morgan fingerprint density at radius 1 is 1.58 bits per heavy atom. The smallest absolute Gasteiger partial charge is 0.349 e. The largest absolute Gasteiger partial charge is 0.466 e. The van der Waals surface area contributed by atoms with Crippen LogP contribution in [0.5, 0.6) is 0 Å². The second-order valence-electron chi connectivity index (χ2n) is 3.79. The van der Waals surface area contributed by atoms with E-state index >= 15 is 0 Å².